The Morgan fingerprint density at radius 3 is 2.17 bits per heavy atom. The molecule has 0 saturated carbocycles. The summed E-state index contributed by atoms with van der Waals surface area (Å²) in [7, 11) is 0. The molecule has 2 aliphatic heterocycles. The molecule has 18 heavy (non-hydrogen) atoms. The van der Waals surface area contributed by atoms with Gasteiger partial charge in [-0.25, -0.2) is 0 Å². The molecule has 3 N–H and O–H groups in total. The summed E-state index contributed by atoms with van der Waals surface area (Å²) in [6.45, 7) is 0. The number of thioether (sulfide) groups is 2. The molecular formula is C8H7N3O5S2. The first-order valence-electron chi connectivity index (χ1n) is 4.78. The summed E-state index contributed by atoms with van der Waals surface area (Å²) in [5.41, 5.74) is 0. The molecule has 8 nitrogen and oxygen atoms in total. The van der Waals surface area contributed by atoms with Crippen LogP contribution in [0.5, 0.6) is 0 Å². The lowest BCUT2D eigenvalue weighted by Crippen LogP contribution is -2.40. The van der Waals surface area contributed by atoms with E-state index in [1.54, 1.807) is 0 Å². The quantitative estimate of drug-likeness (QED) is 0.619. The number of hydrogen-bond acceptors (Lipinski definition) is 7. The maximum Gasteiger partial charge on any atom is 0.288 e. The average Bonchev–Trinajstić information content (AvgIpc) is 2.71. The predicted octanol–water partition coefficient (Wildman–Crippen LogP) is -0.847. The van der Waals surface area contributed by atoms with Gasteiger partial charge in [-0.3, -0.25) is 34.6 Å². The molecule has 0 spiro atoms. The van der Waals surface area contributed by atoms with Gasteiger partial charge in [0.15, 0.2) is 5.37 Å². The molecule has 0 radical (unpaired) electrons. The van der Waals surface area contributed by atoms with Crippen molar-refractivity contribution in [2.24, 2.45) is 0 Å². The van der Waals surface area contributed by atoms with Crippen LogP contribution in [0.25, 0.3) is 0 Å². The number of carbonyl (C=O) groups is 5. The molecule has 10 heteroatoms. The van der Waals surface area contributed by atoms with Crippen molar-refractivity contribution < 1.29 is 24.0 Å². The van der Waals surface area contributed by atoms with Crippen molar-refractivity contribution in [2.45, 2.75) is 17.0 Å². The van der Waals surface area contributed by atoms with Gasteiger partial charge >= 0.3 is 0 Å². The fourth-order valence-electron chi connectivity index (χ4n) is 1.35. The lowest BCUT2D eigenvalue weighted by Gasteiger charge is -2.09. The van der Waals surface area contributed by atoms with E-state index in [2.05, 4.69) is 5.32 Å². The van der Waals surface area contributed by atoms with Gasteiger partial charge in [0, 0.05) is 6.42 Å². The molecule has 0 aromatic rings. The minimum absolute atomic E-state index is 0.221. The number of imide groups is 2. The van der Waals surface area contributed by atoms with Crippen molar-refractivity contribution >= 4 is 51.7 Å². The van der Waals surface area contributed by atoms with Crippen molar-refractivity contribution in [2.75, 3.05) is 0 Å². The van der Waals surface area contributed by atoms with Gasteiger partial charge in [0.2, 0.25) is 11.8 Å². The first-order valence-corrected chi connectivity index (χ1v) is 6.54. The zero-order valence-corrected chi connectivity index (χ0v) is 10.4. The summed E-state index contributed by atoms with van der Waals surface area (Å²) in [5.74, 6) is -1.70. The summed E-state index contributed by atoms with van der Waals surface area (Å²) < 4.78 is 0. The third-order valence-electron chi connectivity index (χ3n) is 2.12. The summed E-state index contributed by atoms with van der Waals surface area (Å²) in [6.07, 6.45) is -0.221. The van der Waals surface area contributed by atoms with E-state index in [-0.39, 0.29) is 6.42 Å². The molecule has 2 rings (SSSR count). The van der Waals surface area contributed by atoms with Crippen LogP contribution in [-0.2, 0) is 14.4 Å². The minimum atomic E-state index is -0.977. The number of rotatable bonds is 3. The zero-order chi connectivity index (χ0) is 13.3. The Labute approximate surface area is 109 Å². The molecule has 2 atom stereocenters. The second kappa shape index (κ2) is 4.98. The van der Waals surface area contributed by atoms with Gasteiger partial charge in [0.1, 0.15) is 5.25 Å². The third kappa shape index (κ3) is 2.82. The zero-order valence-electron chi connectivity index (χ0n) is 8.72. The van der Waals surface area contributed by atoms with Gasteiger partial charge < -0.3 is 5.32 Å². The average molecular weight is 289 g/mol. The Morgan fingerprint density at radius 1 is 1.06 bits per heavy atom. The standard InChI is InChI=1S/C8H7N3O5S2/c12-3(1-2-4(13)10-7(15)17-2)9-6-5(14)11-8(16)18-6/h2,6H,1H2,(H,9,12)(H,10,13,15)(H,11,14,16). The lowest BCUT2D eigenvalue weighted by atomic mass is 10.2. The van der Waals surface area contributed by atoms with Crippen molar-refractivity contribution in [3.05, 3.63) is 0 Å². The molecular weight excluding hydrogens is 282 g/mol. The third-order valence-corrected chi connectivity index (χ3v) is 3.98. The highest BCUT2D eigenvalue weighted by atomic mass is 32.2. The predicted molar refractivity (Wildman–Crippen MR) is 62.6 cm³/mol. The van der Waals surface area contributed by atoms with Crippen LogP contribution in [0.2, 0.25) is 0 Å². The molecule has 2 saturated heterocycles. The Kier molecular flexibility index (Phi) is 3.57. The van der Waals surface area contributed by atoms with E-state index in [9.17, 15) is 24.0 Å². The summed E-state index contributed by atoms with van der Waals surface area (Å²) in [6, 6.07) is 0. The Bertz CT molecular complexity index is 426. The number of amides is 5. The van der Waals surface area contributed by atoms with Gasteiger partial charge in [-0.1, -0.05) is 11.8 Å². The van der Waals surface area contributed by atoms with E-state index in [1.165, 1.54) is 0 Å². The minimum Gasteiger partial charge on any atom is -0.336 e. The van der Waals surface area contributed by atoms with E-state index in [0.29, 0.717) is 11.8 Å². The van der Waals surface area contributed by atoms with Gasteiger partial charge in [-0.2, -0.15) is 0 Å². The molecule has 2 aliphatic rings. The van der Waals surface area contributed by atoms with E-state index < -0.39 is 38.8 Å². The highest BCUT2D eigenvalue weighted by Crippen LogP contribution is 2.22. The van der Waals surface area contributed by atoms with E-state index in [0.717, 1.165) is 11.8 Å². The normalized spacial score (nSPS) is 27.1. The number of hydrogen-bond donors (Lipinski definition) is 3. The van der Waals surface area contributed by atoms with Crippen LogP contribution in [0, 0.1) is 0 Å². The first kappa shape index (κ1) is 12.9. The van der Waals surface area contributed by atoms with Crippen molar-refractivity contribution in [3.8, 4) is 0 Å². The Balaban J connectivity index is 1.86. The second-order valence-electron chi connectivity index (χ2n) is 3.43. The maximum atomic E-state index is 11.5. The topological polar surface area (TPSA) is 121 Å². The number of carbonyl (C=O) groups excluding carboxylic acids is 5. The van der Waals surface area contributed by atoms with Gasteiger partial charge in [-0.05, 0) is 11.8 Å². The molecule has 0 aromatic heterocycles. The van der Waals surface area contributed by atoms with Gasteiger partial charge in [0.25, 0.3) is 16.4 Å². The molecule has 0 aromatic carbocycles. The molecule has 2 unspecified atom stereocenters. The van der Waals surface area contributed by atoms with Crippen molar-refractivity contribution in [1.29, 1.82) is 0 Å². The van der Waals surface area contributed by atoms with Crippen LogP contribution < -0.4 is 16.0 Å². The number of nitrogens with one attached hydrogen (secondary N) is 3. The fraction of sp³-hybridized carbons (Fsp3) is 0.375. The second-order valence-corrected chi connectivity index (χ2v) is 5.68. The van der Waals surface area contributed by atoms with E-state index in [4.69, 9.17) is 0 Å². The molecule has 0 bridgehead atoms. The molecule has 0 aliphatic carbocycles. The summed E-state index contributed by atoms with van der Waals surface area (Å²) in [5, 5.41) is 3.57. The Morgan fingerprint density at radius 2 is 1.67 bits per heavy atom. The SMILES string of the molecule is O=C(CC1SC(=O)NC1=O)NC1SC(=O)NC1=O. The van der Waals surface area contributed by atoms with E-state index >= 15 is 0 Å². The van der Waals surface area contributed by atoms with Crippen LogP contribution in [0.1, 0.15) is 6.42 Å². The first-order chi connectivity index (χ1) is 8.45. The lowest BCUT2D eigenvalue weighted by molar-refractivity contribution is -0.127. The van der Waals surface area contributed by atoms with Crippen LogP contribution >= 0.6 is 23.5 Å². The van der Waals surface area contributed by atoms with Crippen molar-refractivity contribution in [1.82, 2.24) is 16.0 Å². The molecule has 96 valence electrons. The van der Waals surface area contributed by atoms with Crippen LogP contribution in [0.3, 0.4) is 0 Å². The van der Waals surface area contributed by atoms with Gasteiger partial charge in [-0.15, -0.1) is 0 Å². The largest absolute Gasteiger partial charge is 0.336 e. The van der Waals surface area contributed by atoms with Crippen LogP contribution in [0.4, 0.5) is 9.59 Å². The van der Waals surface area contributed by atoms with Crippen LogP contribution in [-0.4, -0.2) is 38.8 Å². The summed E-state index contributed by atoms with van der Waals surface area (Å²) in [4.78, 5) is 55.6. The van der Waals surface area contributed by atoms with Crippen LogP contribution in [0.15, 0.2) is 0 Å². The molecule has 2 heterocycles. The highest BCUT2D eigenvalue weighted by Gasteiger charge is 2.36. The monoisotopic (exact) mass is 289 g/mol. The smallest absolute Gasteiger partial charge is 0.288 e. The van der Waals surface area contributed by atoms with Crippen molar-refractivity contribution in [3.63, 3.8) is 0 Å². The molecule has 2 fully saturated rings. The fourth-order valence-corrected chi connectivity index (χ4v) is 2.90. The Hall–Kier alpha value is -1.55. The maximum absolute atomic E-state index is 11.5. The highest BCUT2D eigenvalue weighted by molar-refractivity contribution is 8.15. The van der Waals surface area contributed by atoms with Gasteiger partial charge in [0.05, 0.1) is 0 Å². The summed E-state index contributed by atoms with van der Waals surface area (Å²) >= 11 is 1.38. The van der Waals surface area contributed by atoms with E-state index in [1.807, 2.05) is 10.6 Å². The molecule has 5 amide bonds.